The second-order valence-electron chi connectivity index (χ2n) is 7.10. The number of fused-ring (bicyclic) bond motifs is 3. The second-order valence-corrected chi connectivity index (χ2v) is 9.25. The van der Waals surface area contributed by atoms with Gasteiger partial charge in [0.05, 0.1) is 11.1 Å². The van der Waals surface area contributed by atoms with Gasteiger partial charge in [-0.05, 0) is 49.3 Å². The van der Waals surface area contributed by atoms with Gasteiger partial charge in [0.15, 0.2) is 5.16 Å². The molecule has 2 heterocycles. The van der Waals surface area contributed by atoms with Gasteiger partial charge in [0.2, 0.25) is 0 Å². The first-order valence-corrected chi connectivity index (χ1v) is 11.2. The van der Waals surface area contributed by atoms with E-state index in [0.717, 1.165) is 58.9 Å². The molecule has 5 heteroatoms. The predicted octanol–water partition coefficient (Wildman–Crippen LogP) is 5.46. The third kappa shape index (κ3) is 3.23. The maximum Gasteiger partial charge on any atom is 0.267 e. The Morgan fingerprint density at radius 1 is 1.31 bits per heavy atom. The van der Waals surface area contributed by atoms with Crippen LogP contribution in [-0.2, 0) is 12.8 Å². The van der Waals surface area contributed by atoms with Crippen molar-refractivity contribution in [2.75, 3.05) is 5.75 Å². The average molecular weight is 385 g/mol. The Labute approximate surface area is 162 Å². The summed E-state index contributed by atoms with van der Waals surface area (Å²) in [5.74, 6) is 1.69. The lowest BCUT2D eigenvalue weighted by molar-refractivity contribution is 0.509. The smallest absolute Gasteiger partial charge is 0.267 e. The summed E-state index contributed by atoms with van der Waals surface area (Å²) in [7, 11) is 0. The summed E-state index contributed by atoms with van der Waals surface area (Å²) in [5.41, 5.74) is 2.28. The molecule has 1 aliphatic carbocycles. The molecule has 0 radical (unpaired) electrons. The number of hydrogen-bond acceptors (Lipinski definition) is 4. The predicted molar refractivity (Wildman–Crippen MR) is 112 cm³/mol. The normalized spacial score (nSPS) is 16.8. The molecule has 3 nitrogen and oxygen atoms in total. The molecular formula is C21H24N2OS2. The number of rotatable bonds is 5. The van der Waals surface area contributed by atoms with Crippen LogP contribution in [0, 0.1) is 5.92 Å². The van der Waals surface area contributed by atoms with Crippen molar-refractivity contribution in [3.63, 3.8) is 0 Å². The molecule has 2 aromatic heterocycles. The molecular weight excluding hydrogens is 360 g/mol. The van der Waals surface area contributed by atoms with Gasteiger partial charge in [0.1, 0.15) is 4.83 Å². The van der Waals surface area contributed by atoms with E-state index in [1.807, 2.05) is 34.9 Å². The average Bonchev–Trinajstić information content (AvgIpc) is 3.00. The second kappa shape index (κ2) is 7.57. The highest BCUT2D eigenvalue weighted by atomic mass is 32.2. The van der Waals surface area contributed by atoms with Crippen LogP contribution >= 0.6 is 23.1 Å². The van der Waals surface area contributed by atoms with Crippen LogP contribution in [-0.4, -0.2) is 15.3 Å². The Balaban J connectivity index is 1.92. The summed E-state index contributed by atoms with van der Waals surface area (Å²) >= 11 is 3.44. The lowest BCUT2D eigenvalue weighted by Crippen LogP contribution is -2.22. The number of benzene rings is 1. The minimum absolute atomic E-state index is 0.104. The van der Waals surface area contributed by atoms with Crippen molar-refractivity contribution in [2.45, 2.75) is 51.1 Å². The number of nitrogens with zero attached hydrogens (tertiary/aromatic N) is 2. The van der Waals surface area contributed by atoms with Gasteiger partial charge in [0, 0.05) is 10.6 Å². The number of hydrogen-bond donors (Lipinski definition) is 0. The van der Waals surface area contributed by atoms with Gasteiger partial charge in [-0.3, -0.25) is 9.36 Å². The van der Waals surface area contributed by atoms with E-state index < -0.39 is 0 Å². The van der Waals surface area contributed by atoms with E-state index in [4.69, 9.17) is 4.98 Å². The van der Waals surface area contributed by atoms with E-state index in [0.29, 0.717) is 5.92 Å². The molecule has 136 valence electrons. The molecule has 0 N–H and O–H groups in total. The van der Waals surface area contributed by atoms with Crippen LogP contribution < -0.4 is 5.56 Å². The number of aryl methyl sites for hydroxylation is 1. The van der Waals surface area contributed by atoms with Crippen molar-refractivity contribution < 1.29 is 0 Å². The van der Waals surface area contributed by atoms with Crippen molar-refractivity contribution in [2.24, 2.45) is 5.92 Å². The third-order valence-electron chi connectivity index (χ3n) is 5.04. The third-order valence-corrected chi connectivity index (χ3v) is 7.22. The van der Waals surface area contributed by atoms with E-state index in [2.05, 4.69) is 13.8 Å². The number of thioether (sulfide) groups is 1. The Hall–Kier alpha value is -1.59. The molecule has 0 unspecified atom stereocenters. The zero-order valence-electron chi connectivity index (χ0n) is 15.3. The first-order valence-electron chi connectivity index (χ1n) is 9.44. The lowest BCUT2D eigenvalue weighted by Gasteiger charge is -2.17. The molecule has 0 spiro atoms. The molecule has 1 aliphatic rings. The molecule has 26 heavy (non-hydrogen) atoms. The van der Waals surface area contributed by atoms with Crippen LogP contribution in [0.15, 0.2) is 40.3 Å². The fourth-order valence-electron chi connectivity index (χ4n) is 3.58. The fourth-order valence-corrected chi connectivity index (χ4v) is 6.10. The monoisotopic (exact) mass is 384 g/mol. The molecule has 0 saturated heterocycles. The Morgan fingerprint density at radius 3 is 2.88 bits per heavy atom. The topological polar surface area (TPSA) is 34.9 Å². The minimum Gasteiger partial charge on any atom is -0.268 e. The van der Waals surface area contributed by atoms with Crippen LogP contribution in [0.1, 0.15) is 43.6 Å². The number of para-hydroxylation sites is 1. The molecule has 3 aromatic rings. The zero-order chi connectivity index (χ0) is 18.1. The molecule has 0 aliphatic heterocycles. The van der Waals surface area contributed by atoms with E-state index in [1.54, 1.807) is 23.1 Å². The van der Waals surface area contributed by atoms with Gasteiger partial charge >= 0.3 is 0 Å². The van der Waals surface area contributed by atoms with Crippen molar-refractivity contribution in [1.82, 2.24) is 9.55 Å². The van der Waals surface area contributed by atoms with Crippen LogP contribution in [0.4, 0.5) is 0 Å². The molecule has 0 fully saturated rings. The molecule has 1 aromatic carbocycles. The molecule has 0 bridgehead atoms. The number of unbranched alkanes of at least 4 members (excludes halogenated alkanes) is 1. The largest absolute Gasteiger partial charge is 0.268 e. The highest BCUT2D eigenvalue weighted by Gasteiger charge is 2.25. The summed E-state index contributed by atoms with van der Waals surface area (Å²) in [6.07, 6.45) is 5.53. The number of aromatic nitrogens is 2. The molecule has 4 rings (SSSR count). The van der Waals surface area contributed by atoms with Crippen molar-refractivity contribution in [3.05, 3.63) is 51.1 Å². The van der Waals surface area contributed by atoms with Crippen molar-refractivity contribution in [1.29, 1.82) is 0 Å². The van der Waals surface area contributed by atoms with Gasteiger partial charge in [-0.15, -0.1) is 11.3 Å². The van der Waals surface area contributed by atoms with E-state index in [-0.39, 0.29) is 5.56 Å². The lowest BCUT2D eigenvalue weighted by atomic mass is 9.89. The van der Waals surface area contributed by atoms with Gasteiger partial charge in [-0.1, -0.05) is 50.2 Å². The first kappa shape index (κ1) is 17.8. The quantitative estimate of drug-likeness (QED) is 0.333. The SMILES string of the molecule is CCCCSc1nc2sc3c(c2c(=O)n1-c1ccccc1)CC[C@H](C)C3. The van der Waals surface area contributed by atoms with Gasteiger partial charge in [-0.25, -0.2) is 4.98 Å². The minimum atomic E-state index is 0.104. The molecule has 1 atom stereocenters. The molecule has 0 saturated carbocycles. The summed E-state index contributed by atoms with van der Waals surface area (Å²) in [5, 5.41) is 1.69. The van der Waals surface area contributed by atoms with Crippen LogP contribution in [0.3, 0.4) is 0 Å². The van der Waals surface area contributed by atoms with Crippen molar-refractivity contribution >= 4 is 33.3 Å². The Bertz CT molecular complexity index is 975. The summed E-state index contributed by atoms with van der Waals surface area (Å²) in [6, 6.07) is 9.95. The van der Waals surface area contributed by atoms with Gasteiger partial charge in [-0.2, -0.15) is 0 Å². The van der Waals surface area contributed by atoms with Gasteiger partial charge < -0.3 is 0 Å². The van der Waals surface area contributed by atoms with E-state index in [1.165, 1.54) is 10.4 Å². The summed E-state index contributed by atoms with van der Waals surface area (Å²) in [4.78, 5) is 20.8. The van der Waals surface area contributed by atoms with Crippen molar-refractivity contribution in [3.8, 4) is 5.69 Å². The van der Waals surface area contributed by atoms with Crippen LogP contribution in [0.5, 0.6) is 0 Å². The zero-order valence-corrected chi connectivity index (χ0v) is 17.0. The van der Waals surface area contributed by atoms with E-state index >= 15 is 0 Å². The molecule has 0 amide bonds. The highest BCUT2D eigenvalue weighted by molar-refractivity contribution is 7.99. The maximum absolute atomic E-state index is 13.5. The van der Waals surface area contributed by atoms with Gasteiger partial charge in [0.25, 0.3) is 5.56 Å². The standard InChI is InChI=1S/C21H24N2OS2/c1-3-4-12-25-21-22-19-18(16-11-10-14(2)13-17(16)26-19)20(24)23(21)15-8-6-5-7-9-15/h5-9,14H,3-4,10-13H2,1-2H3/t14-/m0/s1. The maximum atomic E-state index is 13.5. The highest BCUT2D eigenvalue weighted by Crippen LogP contribution is 2.37. The summed E-state index contributed by atoms with van der Waals surface area (Å²) < 4.78 is 1.83. The number of thiophene rings is 1. The van der Waals surface area contributed by atoms with E-state index in [9.17, 15) is 4.79 Å². The fraction of sp³-hybridized carbons (Fsp3) is 0.429. The van der Waals surface area contributed by atoms with Crippen LogP contribution in [0.2, 0.25) is 0 Å². The Kier molecular flexibility index (Phi) is 5.18. The first-order chi connectivity index (χ1) is 12.7. The van der Waals surface area contributed by atoms with Crippen LogP contribution in [0.25, 0.3) is 15.9 Å². The Morgan fingerprint density at radius 2 is 2.12 bits per heavy atom. The summed E-state index contributed by atoms with van der Waals surface area (Å²) in [6.45, 7) is 4.49.